The molecule has 2 aromatic rings. The summed E-state index contributed by atoms with van der Waals surface area (Å²) in [5, 5.41) is 5.68. The van der Waals surface area contributed by atoms with Gasteiger partial charge in [-0.3, -0.25) is 0 Å². The van der Waals surface area contributed by atoms with Crippen LogP contribution in [0.4, 0.5) is 0 Å². The molecule has 2 unspecified atom stereocenters. The summed E-state index contributed by atoms with van der Waals surface area (Å²) < 4.78 is 4.80. The van der Waals surface area contributed by atoms with Crippen molar-refractivity contribution in [3.63, 3.8) is 0 Å². The summed E-state index contributed by atoms with van der Waals surface area (Å²) in [4.78, 5) is 0. The van der Waals surface area contributed by atoms with Gasteiger partial charge in [0, 0.05) is 12.0 Å². The van der Waals surface area contributed by atoms with Crippen LogP contribution >= 0.6 is 0 Å². The Morgan fingerprint density at radius 1 is 1.07 bits per heavy atom. The maximum Gasteiger partial charge on any atom is 0.106 e. The maximum atomic E-state index is 6.04. The average Bonchev–Trinajstić information content (AvgIpc) is 2.75. The van der Waals surface area contributed by atoms with Crippen LogP contribution in [0, 0.1) is 0 Å². The van der Waals surface area contributed by atoms with Crippen LogP contribution in [0.15, 0.2) is 60.9 Å². The topological polar surface area (TPSA) is 35.2 Å². The molecule has 0 fully saturated rings. The fourth-order valence-corrected chi connectivity index (χ4v) is 4.36. The van der Waals surface area contributed by atoms with Gasteiger partial charge in [-0.1, -0.05) is 54.6 Å². The highest BCUT2D eigenvalue weighted by molar-refractivity contribution is 5.87. The fraction of sp³-hybridized carbons (Fsp3) is 0.308. The SMILES string of the molecule is C1=CCOC=C1.CC(N)CC1C=CC=c2c1ccc1c3c(ccc21)CCCC=3. The largest absolute Gasteiger partial charge is 0.497 e. The molecule has 0 amide bonds. The fourth-order valence-electron chi connectivity index (χ4n) is 4.36. The van der Waals surface area contributed by atoms with Gasteiger partial charge >= 0.3 is 0 Å². The molecule has 144 valence electrons. The standard InChI is InChI=1S/C21H23N.C5H6O/c1-14(22)13-16-6-4-8-19-18(16)11-12-20-17-7-3-2-5-15(17)9-10-21(19)20;1-2-4-6-5-3-1/h4,6-12,14,16H,2-3,5,13,22H2,1H3;1-4H,5H2. The molecular weight excluding hydrogens is 342 g/mol. The number of benzene rings is 2. The van der Waals surface area contributed by atoms with E-state index in [4.69, 9.17) is 10.5 Å². The summed E-state index contributed by atoms with van der Waals surface area (Å²) in [5.74, 6) is 0.449. The van der Waals surface area contributed by atoms with E-state index >= 15 is 0 Å². The van der Waals surface area contributed by atoms with Gasteiger partial charge < -0.3 is 10.5 Å². The van der Waals surface area contributed by atoms with Crippen LogP contribution < -0.4 is 16.2 Å². The first-order valence-corrected chi connectivity index (χ1v) is 10.4. The molecule has 3 aliphatic rings. The van der Waals surface area contributed by atoms with E-state index in [1.807, 2.05) is 18.2 Å². The van der Waals surface area contributed by atoms with Gasteiger partial charge in [0.15, 0.2) is 0 Å². The predicted octanol–water partition coefficient (Wildman–Crippen LogP) is 4.21. The second-order valence-corrected chi connectivity index (χ2v) is 7.86. The Bertz CT molecular complexity index is 1040. The normalized spacial score (nSPS) is 20.0. The molecule has 0 bridgehead atoms. The Hall–Kier alpha value is -2.58. The zero-order valence-electron chi connectivity index (χ0n) is 16.6. The number of ether oxygens (including phenoxy) is 1. The lowest BCUT2D eigenvalue weighted by Crippen LogP contribution is -2.24. The molecule has 1 heterocycles. The van der Waals surface area contributed by atoms with Crippen LogP contribution in [0.3, 0.4) is 0 Å². The maximum absolute atomic E-state index is 6.04. The number of aryl methyl sites for hydroxylation is 1. The van der Waals surface area contributed by atoms with Gasteiger partial charge in [0.25, 0.3) is 0 Å². The number of hydrogen-bond acceptors (Lipinski definition) is 2. The molecule has 0 saturated heterocycles. The second-order valence-electron chi connectivity index (χ2n) is 7.86. The Kier molecular flexibility index (Phi) is 5.78. The molecule has 0 saturated carbocycles. The van der Waals surface area contributed by atoms with Crippen LogP contribution in [-0.4, -0.2) is 12.6 Å². The predicted molar refractivity (Wildman–Crippen MR) is 119 cm³/mol. The summed E-state index contributed by atoms with van der Waals surface area (Å²) in [6.07, 6.45) is 21.4. The third-order valence-corrected chi connectivity index (χ3v) is 5.65. The van der Waals surface area contributed by atoms with Crippen LogP contribution in [0.2, 0.25) is 0 Å². The molecule has 5 rings (SSSR count). The van der Waals surface area contributed by atoms with Gasteiger partial charge in [0.05, 0.1) is 6.26 Å². The minimum Gasteiger partial charge on any atom is -0.497 e. The first-order valence-electron chi connectivity index (χ1n) is 10.4. The molecule has 28 heavy (non-hydrogen) atoms. The van der Waals surface area contributed by atoms with E-state index in [0.29, 0.717) is 5.92 Å². The minimum atomic E-state index is 0.230. The van der Waals surface area contributed by atoms with Crippen molar-refractivity contribution in [2.24, 2.45) is 5.73 Å². The van der Waals surface area contributed by atoms with Gasteiger partial charge in [-0.05, 0) is 77.1 Å². The lowest BCUT2D eigenvalue weighted by molar-refractivity contribution is 0.286. The third-order valence-electron chi connectivity index (χ3n) is 5.65. The minimum absolute atomic E-state index is 0.230. The molecule has 0 radical (unpaired) electrons. The van der Waals surface area contributed by atoms with E-state index in [9.17, 15) is 0 Å². The first kappa shape index (κ1) is 18.8. The van der Waals surface area contributed by atoms with Crippen molar-refractivity contribution in [3.05, 3.63) is 82.5 Å². The highest BCUT2D eigenvalue weighted by Crippen LogP contribution is 2.25. The van der Waals surface area contributed by atoms with Gasteiger partial charge in [0.2, 0.25) is 0 Å². The number of fused-ring (bicyclic) bond motifs is 5. The molecule has 2 N–H and O–H groups in total. The Morgan fingerprint density at radius 2 is 1.93 bits per heavy atom. The monoisotopic (exact) mass is 371 g/mol. The summed E-state index contributed by atoms with van der Waals surface area (Å²) in [6.45, 7) is 2.83. The van der Waals surface area contributed by atoms with Crippen molar-refractivity contribution in [3.8, 4) is 0 Å². The molecule has 0 aromatic heterocycles. The second kappa shape index (κ2) is 8.62. The summed E-state index contributed by atoms with van der Waals surface area (Å²) in [6, 6.07) is 9.54. The van der Waals surface area contributed by atoms with Crippen LogP contribution in [0.25, 0.3) is 22.9 Å². The van der Waals surface area contributed by atoms with Gasteiger partial charge in [-0.25, -0.2) is 0 Å². The van der Waals surface area contributed by atoms with E-state index < -0.39 is 0 Å². The van der Waals surface area contributed by atoms with E-state index in [1.165, 1.54) is 51.6 Å². The molecular formula is C26H29NO. The number of hydrogen-bond donors (Lipinski definition) is 1. The van der Waals surface area contributed by atoms with Crippen molar-refractivity contribution in [1.82, 2.24) is 0 Å². The lowest BCUT2D eigenvalue weighted by Gasteiger charge is -2.21. The zero-order chi connectivity index (χ0) is 19.3. The molecule has 2 aromatic carbocycles. The van der Waals surface area contributed by atoms with E-state index in [0.717, 1.165) is 13.0 Å². The van der Waals surface area contributed by atoms with Gasteiger partial charge in [-0.2, -0.15) is 0 Å². The highest BCUT2D eigenvalue weighted by atomic mass is 16.5. The zero-order valence-corrected chi connectivity index (χ0v) is 16.6. The van der Waals surface area contributed by atoms with Gasteiger partial charge in [-0.15, -0.1) is 0 Å². The number of allylic oxidation sites excluding steroid dienone is 4. The van der Waals surface area contributed by atoms with Crippen LogP contribution in [0.1, 0.15) is 43.2 Å². The van der Waals surface area contributed by atoms with Crippen molar-refractivity contribution in [2.75, 3.05) is 6.61 Å². The summed E-state index contributed by atoms with van der Waals surface area (Å²) in [7, 11) is 0. The van der Waals surface area contributed by atoms with E-state index in [1.54, 1.807) is 6.26 Å². The Morgan fingerprint density at radius 3 is 2.64 bits per heavy atom. The molecule has 1 aliphatic heterocycles. The number of rotatable bonds is 2. The van der Waals surface area contributed by atoms with Crippen LogP contribution in [0.5, 0.6) is 0 Å². The third kappa shape index (κ3) is 3.98. The summed E-state index contributed by atoms with van der Waals surface area (Å²) >= 11 is 0. The van der Waals surface area contributed by atoms with Crippen LogP contribution in [-0.2, 0) is 11.2 Å². The van der Waals surface area contributed by atoms with Gasteiger partial charge in [0.1, 0.15) is 6.61 Å². The molecule has 2 heteroatoms. The molecule has 2 aliphatic carbocycles. The lowest BCUT2D eigenvalue weighted by atomic mass is 9.85. The summed E-state index contributed by atoms with van der Waals surface area (Å²) in [5.41, 5.74) is 8.98. The Labute approximate surface area is 167 Å². The van der Waals surface area contributed by atoms with Crippen molar-refractivity contribution in [1.29, 1.82) is 0 Å². The smallest absolute Gasteiger partial charge is 0.106 e. The number of nitrogens with two attached hydrogens (primary N) is 1. The van der Waals surface area contributed by atoms with Crippen molar-refractivity contribution in [2.45, 2.75) is 44.6 Å². The molecule has 0 spiro atoms. The quantitative estimate of drug-likeness (QED) is 0.858. The van der Waals surface area contributed by atoms with Crippen molar-refractivity contribution < 1.29 is 4.74 Å². The average molecular weight is 372 g/mol. The first-order chi connectivity index (χ1) is 13.7. The van der Waals surface area contributed by atoms with Crippen molar-refractivity contribution >= 4 is 22.9 Å². The Balaban J connectivity index is 0.000000275. The molecule has 2 atom stereocenters. The molecule has 2 nitrogen and oxygen atoms in total. The van der Waals surface area contributed by atoms with E-state index in [2.05, 4.69) is 55.5 Å². The van der Waals surface area contributed by atoms with E-state index in [-0.39, 0.29) is 6.04 Å². The highest BCUT2D eigenvalue weighted by Gasteiger charge is 2.16.